The summed E-state index contributed by atoms with van der Waals surface area (Å²) < 4.78 is 28.3. The molecular weight excluding hydrogens is 354 g/mol. The van der Waals surface area contributed by atoms with Gasteiger partial charge in [-0.05, 0) is 42.3 Å². The summed E-state index contributed by atoms with van der Waals surface area (Å²) in [7, 11) is 0. The minimum atomic E-state index is -0.702. The predicted octanol–water partition coefficient (Wildman–Crippen LogP) is 2.59. The summed E-state index contributed by atoms with van der Waals surface area (Å²) in [4.78, 5) is 37.2. The van der Waals surface area contributed by atoms with Crippen molar-refractivity contribution < 1.29 is 13.6 Å². The predicted molar refractivity (Wildman–Crippen MR) is 96.0 cm³/mol. The Morgan fingerprint density at radius 1 is 0.852 bits per heavy atom. The van der Waals surface area contributed by atoms with E-state index in [1.165, 1.54) is 66.2 Å². The quantitative estimate of drug-likeness (QED) is 0.649. The number of halogens is 2. The number of ketones is 1. The molecule has 1 aromatic heterocycles. The van der Waals surface area contributed by atoms with Crippen LogP contribution in [0.2, 0.25) is 0 Å². The van der Waals surface area contributed by atoms with E-state index in [0.29, 0.717) is 11.1 Å². The molecule has 0 bridgehead atoms. The third-order valence-electron chi connectivity index (χ3n) is 4.14. The maximum Gasteiger partial charge on any atom is 0.331 e. The fraction of sp³-hybridized carbons (Fsp3) is 0.150. The molecule has 27 heavy (non-hydrogen) atoms. The molecule has 3 aromatic rings. The Labute approximate surface area is 153 Å². The Morgan fingerprint density at radius 2 is 1.33 bits per heavy atom. The first kappa shape index (κ1) is 18.4. The second-order valence-electron chi connectivity index (χ2n) is 6.15. The van der Waals surface area contributed by atoms with Crippen LogP contribution in [-0.2, 0) is 13.1 Å². The van der Waals surface area contributed by atoms with Gasteiger partial charge >= 0.3 is 5.69 Å². The zero-order chi connectivity index (χ0) is 19.6. The van der Waals surface area contributed by atoms with Crippen LogP contribution in [0, 0.1) is 11.6 Å². The van der Waals surface area contributed by atoms with Crippen LogP contribution in [0.25, 0.3) is 0 Å². The van der Waals surface area contributed by atoms with Crippen LogP contribution >= 0.6 is 0 Å². The fourth-order valence-corrected chi connectivity index (χ4v) is 2.71. The number of benzene rings is 2. The van der Waals surface area contributed by atoms with E-state index in [4.69, 9.17) is 0 Å². The van der Waals surface area contributed by atoms with E-state index >= 15 is 0 Å². The Balaban J connectivity index is 2.08. The van der Waals surface area contributed by atoms with Crippen molar-refractivity contribution in [2.45, 2.75) is 20.0 Å². The lowest BCUT2D eigenvalue weighted by atomic mass is 10.2. The number of carbonyl (C=O) groups excluding carboxylic acids is 1. The van der Waals surface area contributed by atoms with Crippen LogP contribution in [0.3, 0.4) is 0 Å². The molecular formula is C20H16F2N2O3. The summed E-state index contributed by atoms with van der Waals surface area (Å²) in [5.41, 5.74) is -0.255. The largest absolute Gasteiger partial charge is 0.331 e. The highest BCUT2D eigenvalue weighted by molar-refractivity contribution is 5.93. The van der Waals surface area contributed by atoms with Crippen molar-refractivity contribution in [1.29, 1.82) is 0 Å². The number of rotatable bonds is 5. The van der Waals surface area contributed by atoms with Crippen LogP contribution in [0.4, 0.5) is 8.78 Å². The lowest BCUT2D eigenvalue weighted by molar-refractivity contribution is 0.101. The van der Waals surface area contributed by atoms with Crippen molar-refractivity contribution in [3.8, 4) is 0 Å². The molecule has 2 aromatic carbocycles. The van der Waals surface area contributed by atoms with E-state index in [1.54, 1.807) is 0 Å². The molecule has 0 aliphatic rings. The summed E-state index contributed by atoms with van der Waals surface area (Å²) in [6.07, 6.45) is 1.22. The van der Waals surface area contributed by atoms with Gasteiger partial charge in [-0.15, -0.1) is 0 Å². The molecule has 0 unspecified atom stereocenters. The lowest BCUT2D eigenvalue weighted by Gasteiger charge is -2.12. The molecule has 0 fully saturated rings. The van der Waals surface area contributed by atoms with Gasteiger partial charge in [-0.25, -0.2) is 13.6 Å². The van der Waals surface area contributed by atoms with Crippen molar-refractivity contribution >= 4 is 5.78 Å². The van der Waals surface area contributed by atoms with Gasteiger partial charge in [0.05, 0.1) is 18.7 Å². The molecule has 0 spiro atoms. The Kier molecular flexibility index (Phi) is 5.12. The SMILES string of the molecule is CC(=O)c1cn(Cc2ccc(F)cc2)c(=O)n(Cc2ccc(F)cc2)c1=O. The van der Waals surface area contributed by atoms with E-state index in [9.17, 15) is 23.2 Å². The summed E-state index contributed by atoms with van der Waals surface area (Å²) in [6.45, 7) is 1.22. The maximum atomic E-state index is 13.1. The highest BCUT2D eigenvalue weighted by Gasteiger charge is 2.15. The average molecular weight is 370 g/mol. The van der Waals surface area contributed by atoms with Gasteiger partial charge in [-0.3, -0.25) is 18.7 Å². The van der Waals surface area contributed by atoms with E-state index in [1.807, 2.05) is 0 Å². The lowest BCUT2D eigenvalue weighted by Crippen LogP contribution is -2.42. The first-order chi connectivity index (χ1) is 12.8. The van der Waals surface area contributed by atoms with Crippen LogP contribution < -0.4 is 11.2 Å². The normalized spacial score (nSPS) is 10.8. The zero-order valence-electron chi connectivity index (χ0n) is 14.5. The molecule has 0 aliphatic heterocycles. The first-order valence-corrected chi connectivity index (χ1v) is 8.19. The summed E-state index contributed by atoms with van der Waals surface area (Å²) in [5, 5.41) is 0. The van der Waals surface area contributed by atoms with Gasteiger partial charge in [-0.2, -0.15) is 0 Å². The second kappa shape index (κ2) is 7.49. The van der Waals surface area contributed by atoms with Crippen LogP contribution in [0.5, 0.6) is 0 Å². The molecule has 138 valence electrons. The topological polar surface area (TPSA) is 61.1 Å². The van der Waals surface area contributed by atoms with Crippen molar-refractivity contribution in [3.63, 3.8) is 0 Å². The van der Waals surface area contributed by atoms with Gasteiger partial charge in [0, 0.05) is 6.20 Å². The summed E-state index contributed by atoms with van der Waals surface area (Å²) >= 11 is 0. The van der Waals surface area contributed by atoms with Gasteiger partial charge in [0.15, 0.2) is 5.78 Å². The van der Waals surface area contributed by atoms with Crippen molar-refractivity contribution in [2.75, 3.05) is 0 Å². The third-order valence-corrected chi connectivity index (χ3v) is 4.14. The minimum absolute atomic E-state index is 0.0725. The molecule has 1 heterocycles. The van der Waals surface area contributed by atoms with Gasteiger partial charge in [0.2, 0.25) is 0 Å². The zero-order valence-corrected chi connectivity index (χ0v) is 14.5. The molecule has 0 radical (unpaired) electrons. The fourth-order valence-electron chi connectivity index (χ4n) is 2.71. The van der Waals surface area contributed by atoms with Gasteiger partial charge < -0.3 is 0 Å². The smallest absolute Gasteiger partial charge is 0.295 e. The Hall–Kier alpha value is -3.35. The highest BCUT2D eigenvalue weighted by atomic mass is 19.1. The van der Waals surface area contributed by atoms with Crippen molar-refractivity contribution in [1.82, 2.24) is 9.13 Å². The molecule has 5 nitrogen and oxygen atoms in total. The molecule has 7 heteroatoms. The standard InChI is InChI=1S/C20H16F2N2O3/c1-13(25)18-12-23(10-14-2-6-16(21)7-3-14)20(27)24(19(18)26)11-15-4-8-17(22)9-5-15/h2-9,12H,10-11H2,1H3. The Bertz CT molecular complexity index is 1100. The van der Waals surface area contributed by atoms with Crippen molar-refractivity contribution in [2.24, 2.45) is 0 Å². The average Bonchev–Trinajstić information content (AvgIpc) is 2.64. The van der Waals surface area contributed by atoms with E-state index < -0.39 is 28.7 Å². The highest BCUT2D eigenvalue weighted by Crippen LogP contribution is 2.06. The molecule has 0 atom stereocenters. The third kappa shape index (κ3) is 4.08. The number of Topliss-reactive ketones (excluding diaryl/α,β-unsaturated/α-hetero) is 1. The first-order valence-electron chi connectivity index (χ1n) is 8.19. The van der Waals surface area contributed by atoms with Gasteiger partial charge in [0.1, 0.15) is 11.6 Å². The minimum Gasteiger partial charge on any atom is -0.295 e. The number of nitrogens with zero attached hydrogens (tertiary/aromatic N) is 2. The van der Waals surface area contributed by atoms with E-state index in [-0.39, 0.29) is 18.7 Å². The molecule has 0 saturated heterocycles. The molecule has 0 saturated carbocycles. The number of hydrogen-bond acceptors (Lipinski definition) is 3. The van der Waals surface area contributed by atoms with Crippen molar-refractivity contribution in [3.05, 3.63) is 104 Å². The summed E-state index contributed by atoms with van der Waals surface area (Å²) in [6, 6.07) is 11.0. The summed E-state index contributed by atoms with van der Waals surface area (Å²) in [5.74, 6) is -1.31. The van der Waals surface area contributed by atoms with E-state index in [0.717, 1.165) is 4.57 Å². The van der Waals surface area contributed by atoms with E-state index in [2.05, 4.69) is 0 Å². The van der Waals surface area contributed by atoms with Crippen LogP contribution in [-0.4, -0.2) is 14.9 Å². The monoisotopic (exact) mass is 370 g/mol. The molecule has 3 rings (SSSR count). The number of carbonyl (C=O) groups is 1. The molecule has 0 aliphatic carbocycles. The van der Waals surface area contributed by atoms with Gasteiger partial charge in [-0.1, -0.05) is 24.3 Å². The molecule has 0 N–H and O–H groups in total. The number of aromatic nitrogens is 2. The van der Waals surface area contributed by atoms with Gasteiger partial charge in [0.25, 0.3) is 5.56 Å². The number of hydrogen-bond donors (Lipinski definition) is 0. The van der Waals surface area contributed by atoms with Crippen LogP contribution in [0.1, 0.15) is 28.4 Å². The maximum absolute atomic E-state index is 13.1. The Morgan fingerprint density at radius 3 is 1.81 bits per heavy atom. The second-order valence-corrected chi connectivity index (χ2v) is 6.15. The molecule has 0 amide bonds. The van der Waals surface area contributed by atoms with Crippen LogP contribution in [0.15, 0.2) is 64.3 Å².